The molecule has 0 aliphatic carbocycles. The van der Waals surface area contributed by atoms with Gasteiger partial charge in [-0.2, -0.15) is 9.83 Å². The molecular formula is C18H14N3+. The second-order valence-corrected chi connectivity index (χ2v) is 4.79. The lowest BCUT2D eigenvalue weighted by molar-refractivity contribution is -0.688. The number of benzene rings is 2. The standard InChI is InChI=1S/C18H14N3/c19-12-15-6-8-17(9-7-15)18-14-21(11-10-20-18)13-16-4-2-1-3-5-16/h1-11,14H,13H2/q+1. The molecule has 2 aromatic carbocycles. The fourth-order valence-electron chi connectivity index (χ4n) is 2.19. The summed E-state index contributed by atoms with van der Waals surface area (Å²) >= 11 is 0. The van der Waals surface area contributed by atoms with Crippen molar-refractivity contribution >= 4 is 0 Å². The van der Waals surface area contributed by atoms with Gasteiger partial charge in [0.2, 0.25) is 0 Å². The minimum Gasteiger partial charge on any atom is -0.244 e. The zero-order valence-electron chi connectivity index (χ0n) is 11.5. The maximum atomic E-state index is 8.84. The van der Waals surface area contributed by atoms with Crippen LogP contribution < -0.4 is 4.57 Å². The van der Waals surface area contributed by atoms with Gasteiger partial charge in [0.05, 0.1) is 17.8 Å². The van der Waals surface area contributed by atoms with E-state index in [1.165, 1.54) is 5.56 Å². The van der Waals surface area contributed by atoms with Crippen LogP contribution in [-0.2, 0) is 6.54 Å². The van der Waals surface area contributed by atoms with Gasteiger partial charge in [-0.25, -0.2) is 4.98 Å². The lowest BCUT2D eigenvalue weighted by atomic mass is 10.1. The fraction of sp³-hybridized carbons (Fsp3) is 0.0556. The van der Waals surface area contributed by atoms with E-state index < -0.39 is 0 Å². The van der Waals surface area contributed by atoms with E-state index in [2.05, 4.69) is 27.8 Å². The highest BCUT2D eigenvalue weighted by Crippen LogP contribution is 2.15. The number of rotatable bonds is 3. The number of aromatic nitrogens is 2. The van der Waals surface area contributed by atoms with Gasteiger partial charge >= 0.3 is 0 Å². The Kier molecular flexibility index (Phi) is 3.70. The molecule has 0 saturated carbocycles. The Morgan fingerprint density at radius 3 is 2.48 bits per heavy atom. The molecule has 0 N–H and O–H groups in total. The van der Waals surface area contributed by atoms with E-state index in [1.54, 1.807) is 6.20 Å². The smallest absolute Gasteiger partial charge is 0.195 e. The molecule has 21 heavy (non-hydrogen) atoms. The Labute approximate surface area is 123 Å². The van der Waals surface area contributed by atoms with Gasteiger partial charge in [-0.1, -0.05) is 42.5 Å². The second-order valence-electron chi connectivity index (χ2n) is 4.79. The van der Waals surface area contributed by atoms with Crippen molar-refractivity contribution in [2.24, 2.45) is 0 Å². The largest absolute Gasteiger partial charge is 0.244 e. The summed E-state index contributed by atoms with van der Waals surface area (Å²) in [6.07, 6.45) is 5.78. The van der Waals surface area contributed by atoms with Crippen LogP contribution in [0.2, 0.25) is 0 Å². The lowest BCUT2D eigenvalue weighted by Gasteiger charge is -2.01. The summed E-state index contributed by atoms with van der Waals surface area (Å²) in [6.45, 7) is 0.812. The summed E-state index contributed by atoms with van der Waals surface area (Å²) in [5.74, 6) is 0. The third-order valence-electron chi connectivity index (χ3n) is 3.28. The van der Waals surface area contributed by atoms with Gasteiger partial charge < -0.3 is 0 Å². The fourth-order valence-corrected chi connectivity index (χ4v) is 2.19. The summed E-state index contributed by atoms with van der Waals surface area (Å²) in [6, 6.07) is 19.9. The van der Waals surface area contributed by atoms with Crippen molar-refractivity contribution in [3.8, 4) is 17.3 Å². The van der Waals surface area contributed by atoms with E-state index in [4.69, 9.17) is 5.26 Å². The van der Waals surface area contributed by atoms with Crippen molar-refractivity contribution in [2.75, 3.05) is 0 Å². The van der Waals surface area contributed by atoms with Crippen LogP contribution >= 0.6 is 0 Å². The molecule has 3 heteroatoms. The van der Waals surface area contributed by atoms with Gasteiger partial charge in [0.25, 0.3) is 0 Å². The molecule has 1 aromatic heterocycles. The molecule has 0 spiro atoms. The average molecular weight is 272 g/mol. The lowest BCUT2D eigenvalue weighted by Crippen LogP contribution is -2.33. The summed E-state index contributed by atoms with van der Waals surface area (Å²) in [5, 5.41) is 8.84. The van der Waals surface area contributed by atoms with Crippen molar-refractivity contribution in [1.82, 2.24) is 4.98 Å². The first-order valence-corrected chi connectivity index (χ1v) is 6.75. The number of hydrogen-bond acceptors (Lipinski definition) is 2. The Bertz CT molecular complexity index is 772. The van der Waals surface area contributed by atoms with Gasteiger partial charge in [-0.05, 0) is 12.1 Å². The molecule has 3 rings (SSSR count). The highest BCUT2D eigenvalue weighted by molar-refractivity contribution is 5.58. The maximum absolute atomic E-state index is 8.84. The van der Waals surface area contributed by atoms with Crippen molar-refractivity contribution < 1.29 is 4.57 Å². The zero-order chi connectivity index (χ0) is 14.5. The van der Waals surface area contributed by atoms with Crippen molar-refractivity contribution in [2.45, 2.75) is 6.54 Å². The predicted molar refractivity (Wildman–Crippen MR) is 80.1 cm³/mol. The SMILES string of the molecule is N#Cc1ccc(-c2c[n+](Cc3ccccc3)ccn2)cc1. The zero-order valence-corrected chi connectivity index (χ0v) is 11.5. The number of hydrogen-bond donors (Lipinski definition) is 0. The van der Waals surface area contributed by atoms with Crippen LogP contribution in [0.25, 0.3) is 11.3 Å². The van der Waals surface area contributed by atoms with Gasteiger partial charge in [-0.3, -0.25) is 0 Å². The highest BCUT2D eigenvalue weighted by Gasteiger charge is 2.07. The van der Waals surface area contributed by atoms with Gasteiger partial charge in [-0.15, -0.1) is 0 Å². The van der Waals surface area contributed by atoms with Crippen LogP contribution in [0.3, 0.4) is 0 Å². The average Bonchev–Trinajstić information content (AvgIpc) is 2.56. The van der Waals surface area contributed by atoms with Crippen LogP contribution in [0, 0.1) is 11.3 Å². The molecule has 3 nitrogen and oxygen atoms in total. The first-order chi connectivity index (χ1) is 10.3. The molecule has 0 unspecified atom stereocenters. The van der Waals surface area contributed by atoms with Crippen LogP contribution in [0.15, 0.2) is 73.2 Å². The molecular weight excluding hydrogens is 258 g/mol. The van der Waals surface area contributed by atoms with Crippen LogP contribution in [0.5, 0.6) is 0 Å². The first-order valence-electron chi connectivity index (χ1n) is 6.75. The normalized spacial score (nSPS) is 10.0. The van der Waals surface area contributed by atoms with E-state index in [1.807, 2.05) is 54.9 Å². The Morgan fingerprint density at radius 1 is 1.00 bits per heavy atom. The highest BCUT2D eigenvalue weighted by atomic mass is 15.0. The Balaban J connectivity index is 1.87. The van der Waals surface area contributed by atoms with Crippen molar-refractivity contribution in [3.05, 3.63) is 84.3 Å². The molecule has 0 saturated heterocycles. The topological polar surface area (TPSA) is 40.6 Å². The number of nitriles is 1. The third-order valence-corrected chi connectivity index (χ3v) is 3.28. The summed E-state index contributed by atoms with van der Waals surface area (Å²) in [7, 11) is 0. The molecule has 1 heterocycles. The van der Waals surface area contributed by atoms with Crippen molar-refractivity contribution in [1.29, 1.82) is 5.26 Å². The molecule has 0 atom stereocenters. The molecule has 0 aliphatic heterocycles. The molecule has 0 aliphatic rings. The van der Waals surface area contributed by atoms with E-state index in [9.17, 15) is 0 Å². The molecule has 100 valence electrons. The molecule has 0 bridgehead atoms. The van der Waals surface area contributed by atoms with E-state index in [-0.39, 0.29) is 0 Å². The van der Waals surface area contributed by atoms with E-state index in [0.717, 1.165) is 17.8 Å². The monoisotopic (exact) mass is 272 g/mol. The maximum Gasteiger partial charge on any atom is 0.195 e. The Hall–Kier alpha value is -2.99. The van der Waals surface area contributed by atoms with Gasteiger partial charge in [0, 0.05) is 11.1 Å². The van der Waals surface area contributed by atoms with Crippen LogP contribution in [0.4, 0.5) is 0 Å². The summed E-state index contributed by atoms with van der Waals surface area (Å²) in [5.41, 5.74) is 3.82. The van der Waals surface area contributed by atoms with E-state index >= 15 is 0 Å². The predicted octanol–water partition coefficient (Wildman–Crippen LogP) is 2.96. The first kappa shape index (κ1) is 13.0. The summed E-state index contributed by atoms with van der Waals surface area (Å²) in [4.78, 5) is 4.40. The van der Waals surface area contributed by atoms with Gasteiger partial charge in [0.15, 0.2) is 18.9 Å². The molecule has 0 amide bonds. The van der Waals surface area contributed by atoms with E-state index in [0.29, 0.717) is 5.56 Å². The third kappa shape index (κ3) is 3.13. The summed E-state index contributed by atoms with van der Waals surface area (Å²) < 4.78 is 2.11. The van der Waals surface area contributed by atoms with Crippen LogP contribution in [-0.4, -0.2) is 4.98 Å². The van der Waals surface area contributed by atoms with Gasteiger partial charge in [0.1, 0.15) is 5.69 Å². The van der Waals surface area contributed by atoms with Crippen LogP contribution in [0.1, 0.15) is 11.1 Å². The molecule has 3 aromatic rings. The Morgan fingerprint density at radius 2 is 1.76 bits per heavy atom. The minimum absolute atomic E-state index is 0.659. The quantitative estimate of drug-likeness (QED) is 0.688. The molecule has 0 fully saturated rings. The second kappa shape index (κ2) is 5.98. The van der Waals surface area contributed by atoms with Crippen molar-refractivity contribution in [3.63, 3.8) is 0 Å². The number of nitrogens with zero attached hydrogens (tertiary/aromatic N) is 3. The minimum atomic E-state index is 0.659. The molecule has 0 radical (unpaired) electrons.